The SMILES string of the molecule is COc1ccc(OCCN(CC(=O)N2CCCC(C)C2)S(C)(=O)=O)cc1. The van der Waals surface area contributed by atoms with Crippen molar-refractivity contribution < 1.29 is 22.7 Å². The number of benzene rings is 1. The highest BCUT2D eigenvalue weighted by molar-refractivity contribution is 7.88. The molecule has 8 heteroatoms. The number of amides is 1. The number of carbonyl (C=O) groups is 1. The van der Waals surface area contributed by atoms with Gasteiger partial charge < -0.3 is 14.4 Å². The minimum atomic E-state index is -3.49. The van der Waals surface area contributed by atoms with Crippen molar-refractivity contribution in [3.8, 4) is 11.5 Å². The number of sulfonamides is 1. The molecule has 2 rings (SSSR count). The van der Waals surface area contributed by atoms with E-state index in [1.807, 2.05) is 0 Å². The van der Waals surface area contributed by atoms with Crippen LogP contribution < -0.4 is 9.47 Å². The summed E-state index contributed by atoms with van der Waals surface area (Å²) in [6.45, 7) is 3.65. The Hall–Kier alpha value is -1.80. The summed E-state index contributed by atoms with van der Waals surface area (Å²) in [5, 5.41) is 0. The number of hydrogen-bond donors (Lipinski definition) is 0. The lowest BCUT2D eigenvalue weighted by atomic mass is 10.0. The van der Waals surface area contributed by atoms with Gasteiger partial charge in [-0.25, -0.2) is 8.42 Å². The molecule has 1 unspecified atom stereocenters. The van der Waals surface area contributed by atoms with Gasteiger partial charge in [0, 0.05) is 19.6 Å². The molecule has 0 N–H and O–H groups in total. The maximum atomic E-state index is 12.5. The third kappa shape index (κ3) is 6.17. The third-order valence-corrected chi connectivity index (χ3v) is 5.71. The largest absolute Gasteiger partial charge is 0.497 e. The van der Waals surface area contributed by atoms with E-state index in [9.17, 15) is 13.2 Å². The van der Waals surface area contributed by atoms with Gasteiger partial charge >= 0.3 is 0 Å². The van der Waals surface area contributed by atoms with Crippen LogP contribution in [0.25, 0.3) is 0 Å². The van der Waals surface area contributed by atoms with Crippen molar-refractivity contribution in [2.24, 2.45) is 5.92 Å². The Bertz CT molecular complexity index is 690. The Morgan fingerprint density at radius 3 is 2.50 bits per heavy atom. The van der Waals surface area contributed by atoms with Crippen molar-refractivity contribution >= 4 is 15.9 Å². The monoisotopic (exact) mass is 384 g/mol. The molecule has 1 amide bonds. The Balaban J connectivity index is 1.89. The second-order valence-corrected chi connectivity index (χ2v) is 8.69. The molecule has 1 heterocycles. The van der Waals surface area contributed by atoms with E-state index in [2.05, 4.69) is 6.92 Å². The fourth-order valence-corrected chi connectivity index (χ4v) is 3.72. The Morgan fingerprint density at radius 2 is 1.92 bits per heavy atom. The quantitative estimate of drug-likeness (QED) is 0.680. The lowest BCUT2D eigenvalue weighted by Crippen LogP contribution is -2.46. The number of likely N-dealkylation sites (tertiary alicyclic amines) is 1. The number of carbonyl (C=O) groups excluding carboxylic acids is 1. The number of ether oxygens (including phenoxy) is 2. The van der Waals surface area contributed by atoms with Crippen molar-refractivity contribution in [2.45, 2.75) is 19.8 Å². The maximum Gasteiger partial charge on any atom is 0.237 e. The summed E-state index contributed by atoms with van der Waals surface area (Å²) in [6.07, 6.45) is 3.19. The van der Waals surface area contributed by atoms with E-state index in [0.29, 0.717) is 24.8 Å². The average molecular weight is 384 g/mol. The molecule has 0 saturated carbocycles. The highest BCUT2D eigenvalue weighted by atomic mass is 32.2. The molecule has 7 nitrogen and oxygen atoms in total. The number of nitrogens with zero attached hydrogens (tertiary/aromatic N) is 2. The molecule has 1 aromatic rings. The van der Waals surface area contributed by atoms with Gasteiger partial charge in [-0.05, 0) is 43.0 Å². The molecule has 1 atom stereocenters. The van der Waals surface area contributed by atoms with Crippen LogP contribution in [0.1, 0.15) is 19.8 Å². The average Bonchev–Trinajstić information content (AvgIpc) is 2.60. The van der Waals surface area contributed by atoms with E-state index in [1.54, 1.807) is 36.3 Å². The molecule has 0 aromatic heterocycles. The molecule has 1 aliphatic heterocycles. The van der Waals surface area contributed by atoms with E-state index in [1.165, 1.54) is 4.31 Å². The summed E-state index contributed by atoms with van der Waals surface area (Å²) in [6, 6.07) is 7.04. The zero-order valence-electron chi connectivity index (χ0n) is 15.7. The van der Waals surface area contributed by atoms with Crippen LogP contribution in [0, 0.1) is 5.92 Å². The van der Waals surface area contributed by atoms with Gasteiger partial charge in [0.15, 0.2) is 0 Å². The van der Waals surface area contributed by atoms with Gasteiger partial charge in [-0.15, -0.1) is 0 Å². The Kier molecular flexibility index (Phi) is 7.28. The van der Waals surface area contributed by atoms with Crippen molar-refractivity contribution in [2.75, 3.05) is 46.2 Å². The number of hydrogen-bond acceptors (Lipinski definition) is 5. The van der Waals surface area contributed by atoms with Crippen LogP contribution in [-0.2, 0) is 14.8 Å². The van der Waals surface area contributed by atoms with Crippen molar-refractivity contribution in [1.82, 2.24) is 9.21 Å². The van der Waals surface area contributed by atoms with Crippen LogP contribution in [0.15, 0.2) is 24.3 Å². The van der Waals surface area contributed by atoms with Crippen LogP contribution in [0.3, 0.4) is 0 Å². The van der Waals surface area contributed by atoms with E-state index in [0.717, 1.165) is 24.8 Å². The van der Waals surface area contributed by atoms with Gasteiger partial charge in [0.2, 0.25) is 15.9 Å². The van der Waals surface area contributed by atoms with Gasteiger partial charge in [-0.1, -0.05) is 6.92 Å². The fraction of sp³-hybridized carbons (Fsp3) is 0.611. The maximum absolute atomic E-state index is 12.5. The lowest BCUT2D eigenvalue weighted by molar-refractivity contribution is -0.133. The zero-order chi connectivity index (χ0) is 19.2. The van der Waals surface area contributed by atoms with E-state index in [4.69, 9.17) is 9.47 Å². The predicted molar refractivity (Wildman–Crippen MR) is 99.9 cm³/mol. The molecule has 0 aliphatic carbocycles. The van der Waals surface area contributed by atoms with Crippen LogP contribution in [-0.4, -0.2) is 69.7 Å². The van der Waals surface area contributed by atoms with Crippen molar-refractivity contribution in [3.05, 3.63) is 24.3 Å². The Morgan fingerprint density at radius 1 is 1.27 bits per heavy atom. The second-order valence-electron chi connectivity index (χ2n) is 6.71. The summed E-state index contributed by atoms with van der Waals surface area (Å²) in [7, 11) is -1.91. The van der Waals surface area contributed by atoms with Gasteiger partial charge in [0.05, 0.1) is 19.9 Å². The summed E-state index contributed by atoms with van der Waals surface area (Å²) in [5.41, 5.74) is 0. The van der Waals surface area contributed by atoms with Gasteiger partial charge in [0.25, 0.3) is 0 Å². The molecule has 0 radical (unpaired) electrons. The van der Waals surface area contributed by atoms with Crippen LogP contribution in [0.5, 0.6) is 11.5 Å². The van der Waals surface area contributed by atoms with Gasteiger partial charge in [0.1, 0.15) is 18.1 Å². The topological polar surface area (TPSA) is 76.2 Å². The first kappa shape index (κ1) is 20.5. The summed E-state index contributed by atoms with van der Waals surface area (Å²) in [4.78, 5) is 14.2. The summed E-state index contributed by atoms with van der Waals surface area (Å²) < 4.78 is 35.9. The molecule has 1 saturated heterocycles. The Labute approximate surface area is 155 Å². The number of rotatable bonds is 8. The molecule has 1 fully saturated rings. The molecular weight excluding hydrogens is 356 g/mol. The van der Waals surface area contributed by atoms with Gasteiger partial charge in [-0.3, -0.25) is 4.79 Å². The highest BCUT2D eigenvalue weighted by Gasteiger charge is 2.26. The lowest BCUT2D eigenvalue weighted by Gasteiger charge is -2.32. The van der Waals surface area contributed by atoms with Crippen LogP contribution in [0.2, 0.25) is 0 Å². The zero-order valence-corrected chi connectivity index (χ0v) is 16.5. The van der Waals surface area contributed by atoms with Crippen molar-refractivity contribution in [1.29, 1.82) is 0 Å². The highest BCUT2D eigenvalue weighted by Crippen LogP contribution is 2.18. The third-order valence-electron chi connectivity index (χ3n) is 4.46. The minimum Gasteiger partial charge on any atom is -0.497 e. The molecule has 26 heavy (non-hydrogen) atoms. The molecule has 1 aliphatic rings. The summed E-state index contributed by atoms with van der Waals surface area (Å²) in [5.74, 6) is 1.65. The first-order valence-corrected chi connectivity index (χ1v) is 10.6. The smallest absolute Gasteiger partial charge is 0.237 e. The van der Waals surface area contributed by atoms with E-state index in [-0.39, 0.29) is 25.6 Å². The molecule has 0 spiro atoms. The molecule has 146 valence electrons. The molecule has 1 aromatic carbocycles. The van der Waals surface area contributed by atoms with Gasteiger partial charge in [-0.2, -0.15) is 4.31 Å². The van der Waals surface area contributed by atoms with Crippen molar-refractivity contribution in [3.63, 3.8) is 0 Å². The fourth-order valence-electron chi connectivity index (χ4n) is 2.97. The number of methoxy groups -OCH3 is 1. The first-order valence-electron chi connectivity index (χ1n) is 8.79. The molecular formula is C18H28N2O5S. The van der Waals surface area contributed by atoms with E-state index >= 15 is 0 Å². The second kappa shape index (κ2) is 9.23. The standard InChI is InChI=1S/C18H28N2O5S/c1-15-5-4-10-19(13-15)18(21)14-20(26(3,22)23)11-12-25-17-8-6-16(24-2)7-9-17/h6-9,15H,4-5,10-14H2,1-3H3. The molecule has 0 bridgehead atoms. The van der Waals surface area contributed by atoms with Crippen LogP contribution in [0.4, 0.5) is 0 Å². The normalized spacial score (nSPS) is 18.0. The minimum absolute atomic E-state index is 0.125. The number of piperidine rings is 1. The van der Waals surface area contributed by atoms with Crippen LogP contribution >= 0.6 is 0 Å². The first-order chi connectivity index (χ1) is 12.3. The summed E-state index contributed by atoms with van der Waals surface area (Å²) >= 11 is 0. The van der Waals surface area contributed by atoms with E-state index < -0.39 is 10.0 Å². The predicted octanol–water partition coefficient (Wildman–Crippen LogP) is 1.59.